The van der Waals surface area contributed by atoms with E-state index in [0.717, 1.165) is 22.6 Å². The van der Waals surface area contributed by atoms with Gasteiger partial charge in [-0.3, -0.25) is 4.79 Å². The highest BCUT2D eigenvalue weighted by atomic mass is 16.5. The van der Waals surface area contributed by atoms with Gasteiger partial charge in [-0.2, -0.15) is 5.26 Å². The Kier molecular flexibility index (Phi) is 6.29. The molecule has 0 fully saturated rings. The van der Waals surface area contributed by atoms with E-state index < -0.39 is 5.91 Å². The van der Waals surface area contributed by atoms with E-state index in [9.17, 15) is 10.1 Å². The van der Waals surface area contributed by atoms with E-state index in [1.807, 2.05) is 62.4 Å². The molecule has 0 saturated heterocycles. The maximum absolute atomic E-state index is 12.4. The van der Waals surface area contributed by atoms with Gasteiger partial charge in [0.15, 0.2) is 0 Å². The fourth-order valence-electron chi connectivity index (χ4n) is 2.79. The van der Waals surface area contributed by atoms with Crippen LogP contribution in [-0.2, 0) is 4.79 Å². The van der Waals surface area contributed by atoms with Crippen LogP contribution in [0.1, 0.15) is 11.1 Å². The van der Waals surface area contributed by atoms with Crippen molar-refractivity contribution in [1.82, 2.24) is 0 Å². The lowest BCUT2D eigenvalue weighted by Crippen LogP contribution is -2.14. The number of benzene rings is 3. The van der Waals surface area contributed by atoms with Gasteiger partial charge in [-0.15, -0.1) is 0 Å². The Hall–Kier alpha value is -4.04. The van der Waals surface area contributed by atoms with E-state index in [1.54, 1.807) is 24.3 Å². The van der Waals surface area contributed by atoms with Crippen molar-refractivity contribution in [2.45, 2.75) is 13.8 Å². The molecule has 0 saturated carbocycles. The second-order valence-corrected chi connectivity index (χ2v) is 6.58. The molecule has 144 valence electrons. The van der Waals surface area contributed by atoms with Crippen LogP contribution in [0.2, 0.25) is 0 Å². The zero-order valence-electron chi connectivity index (χ0n) is 16.3. The molecule has 0 atom stereocenters. The maximum Gasteiger partial charge on any atom is 0.267 e. The summed E-state index contributed by atoms with van der Waals surface area (Å²) >= 11 is 0. The van der Waals surface area contributed by atoms with Crippen LogP contribution in [0.3, 0.4) is 0 Å². The number of para-hydroxylation sites is 1. The van der Waals surface area contributed by atoms with Crippen molar-refractivity contribution in [1.29, 1.82) is 5.26 Å². The standard InChI is InChI=1S/C24H21N3O2/c1-17-12-18(2)14-21(13-17)26-16-19(15-25)24(28)27-20-8-10-23(11-9-20)29-22-6-4-3-5-7-22/h3-14,16,26H,1-2H3,(H,27,28)/b19-16-. The third kappa shape index (κ3) is 5.72. The van der Waals surface area contributed by atoms with Gasteiger partial charge in [-0.05, 0) is 73.5 Å². The maximum atomic E-state index is 12.4. The van der Waals surface area contributed by atoms with Gasteiger partial charge in [0.2, 0.25) is 0 Å². The molecular formula is C24H21N3O2. The van der Waals surface area contributed by atoms with E-state index in [-0.39, 0.29) is 5.57 Å². The van der Waals surface area contributed by atoms with Gasteiger partial charge in [0.1, 0.15) is 23.1 Å². The molecule has 1 amide bonds. The lowest BCUT2D eigenvalue weighted by molar-refractivity contribution is -0.112. The van der Waals surface area contributed by atoms with Crippen molar-refractivity contribution in [3.8, 4) is 17.6 Å². The largest absolute Gasteiger partial charge is 0.457 e. The Bertz CT molecular complexity index is 1050. The number of nitrogens with one attached hydrogen (secondary N) is 2. The van der Waals surface area contributed by atoms with Crippen molar-refractivity contribution in [2.75, 3.05) is 10.6 Å². The zero-order valence-corrected chi connectivity index (χ0v) is 16.3. The van der Waals surface area contributed by atoms with Crippen molar-refractivity contribution in [3.05, 3.63) is 95.7 Å². The number of nitrogens with zero attached hydrogens (tertiary/aromatic N) is 1. The highest BCUT2D eigenvalue weighted by Gasteiger charge is 2.09. The molecule has 0 radical (unpaired) electrons. The van der Waals surface area contributed by atoms with Crippen LogP contribution in [0.25, 0.3) is 0 Å². The first kappa shape index (κ1) is 19.7. The molecule has 0 spiro atoms. The summed E-state index contributed by atoms with van der Waals surface area (Å²) < 4.78 is 5.73. The minimum Gasteiger partial charge on any atom is -0.457 e. The SMILES string of the molecule is Cc1cc(C)cc(N/C=C(/C#N)C(=O)Nc2ccc(Oc3ccccc3)cc2)c1. The van der Waals surface area contributed by atoms with Crippen LogP contribution < -0.4 is 15.4 Å². The Balaban J connectivity index is 1.63. The van der Waals surface area contributed by atoms with Crippen molar-refractivity contribution in [3.63, 3.8) is 0 Å². The molecule has 5 nitrogen and oxygen atoms in total. The minimum absolute atomic E-state index is 0.0197. The van der Waals surface area contributed by atoms with Crippen LogP contribution in [0, 0.1) is 25.2 Å². The first-order valence-electron chi connectivity index (χ1n) is 9.13. The molecule has 0 aliphatic carbocycles. The highest BCUT2D eigenvalue weighted by Crippen LogP contribution is 2.23. The van der Waals surface area contributed by atoms with Gasteiger partial charge in [0.25, 0.3) is 5.91 Å². The van der Waals surface area contributed by atoms with Crippen LogP contribution in [-0.4, -0.2) is 5.91 Å². The molecule has 0 aromatic heterocycles. The summed E-state index contributed by atoms with van der Waals surface area (Å²) in [5.74, 6) is 0.902. The van der Waals surface area contributed by atoms with Gasteiger partial charge in [0.05, 0.1) is 0 Å². The molecule has 3 aromatic rings. The highest BCUT2D eigenvalue weighted by molar-refractivity contribution is 6.06. The summed E-state index contributed by atoms with van der Waals surface area (Å²) in [6.07, 6.45) is 1.41. The Morgan fingerprint density at radius 1 is 0.897 bits per heavy atom. The smallest absolute Gasteiger partial charge is 0.267 e. The molecule has 0 bridgehead atoms. The first-order chi connectivity index (χ1) is 14.0. The number of carbonyl (C=O) groups is 1. The van der Waals surface area contributed by atoms with Gasteiger partial charge in [-0.1, -0.05) is 24.3 Å². The monoisotopic (exact) mass is 383 g/mol. The number of rotatable bonds is 6. The summed E-state index contributed by atoms with van der Waals surface area (Å²) in [5.41, 5.74) is 3.57. The molecule has 3 aromatic carbocycles. The predicted molar refractivity (Wildman–Crippen MR) is 115 cm³/mol. The van der Waals surface area contributed by atoms with E-state index in [2.05, 4.69) is 16.7 Å². The van der Waals surface area contributed by atoms with Crippen LogP contribution in [0.5, 0.6) is 11.5 Å². The van der Waals surface area contributed by atoms with E-state index in [1.165, 1.54) is 6.20 Å². The second-order valence-electron chi connectivity index (χ2n) is 6.58. The van der Waals surface area contributed by atoms with Crippen molar-refractivity contribution >= 4 is 17.3 Å². The number of nitriles is 1. The molecule has 0 unspecified atom stereocenters. The fraction of sp³-hybridized carbons (Fsp3) is 0.0833. The quantitative estimate of drug-likeness (QED) is 0.432. The average molecular weight is 383 g/mol. The Morgan fingerprint density at radius 2 is 1.52 bits per heavy atom. The van der Waals surface area contributed by atoms with E-state index >= 15 is 0 Å². The first-order valence-corrected chi connectivity index (χ1v) is 9.13. The molecule has 3 rings (SSSR count). The average Bonchev–Trinajstić information content (AvgIpc) is 2.70. The van der Waals surface area contributed by atoms with Crippen LogP contribution in [0.15, 0.2) is 84.6 Å². The third-order valence-corrected chi connectivity index (χ3v) is 4.06. The number of hydrogen-bond acceptors (Lipinski definition) is 4. The molecule has 0 aliphatic rings. The Morgan fingerprint density at radius 3 is 2.14 bits per heavy atom. The van der Waals surface area contributed by atoms with E-state index in [4.69, 9.17) is 4.74 Å². The molecule has 0 aliphatic heterocycles. The molecular weight excluding hydrogens is 362 g/mol. The van der Waals surface area contributed by atoms with Gasteiger partial charge >= 0.3 is 0 Å². The van der Waals surface area contributed by atoms with Gasteiger partial charge in [0, 0.05) is 17.6 Å². The van der Waals surface area contributed by atoms with Crippen molar-refractivity contribution < 1.29 is 9.53 Å². The summed E-state index contributed by atoms with van der Waals surface area (Å²) in [4.78, 5) is 12.4. The number of ether oxygens (including phenoxy) is 1. The van der Waals surface area contributed by atoms with Gasteiger partial charge < -0.3 is 15.4 Å². The third-order valence-electron chi connectivity index (χ3n) is 4.06. The molecule has 29 heavy (non-hydrogen) atoms. The number of carbonyl (C=O) groups excluding carboxylic acids is 1. The van der Waals surface area contributed by atoms with Gasteiger partial charge in [-0.25, -0.2) is 0 Å². The van der Waals surface area contributed by atoms with Crippen LogP contribution >= 0.6 is 0 Å². The van der Waals surface area contributed by atoms with Crippen molar-refractivity contribution in [2.24, 2.45) is 0 Å². The molecule has 0 heterocycles. The summed E-state index contributed by atoms with van der Waals surface area (Å²) in [6.45, 7) is 3.98. The predicted octanol–water partition coefficient (Wildman–Crippen LogP) is 5.55. The number of hydrogen-bond donors (Lipinski definition) is 2. The minimum atomic E-state index is -0.485. The lowest BCUT2D eigenvalue weighted by atomic mass is 10.1. The van der Waals surface area contributed by atoms with Crippen LogP contribution in [0.4, 0.5) is 11.4 Å². The summed E-state index contributed by atoms with van der Waals surface area (Å²) in [7, 11) is 0. The number of aryl methyl sites for hydroxylation is 2. The number of anilines is 2. The lowest BCUT2D eigenvalue weighted by Gasteiger charge is -2.08. The van der Waals surface area contributed by atoms with E-state index in [0.29, 0.717) is 11.4 Å². The summed E-state index contributed by atoms with van der Waals surface area (Å²) in [5, 5.41) is 15.1. The topological polar surface area (TPSA) is 74.2 Å². The fourth-order valence-corrected chi connectivity index (χ4v) is 2.79. The second kappa shape index (κ2) is 9.25. The zero-order chi connectivity index (χ0) is 20.6. The summed E-state index contributed by atoms with van der Waals surface area (Å²) in [6, 6.07) is 24.3. The number of amides is 1. The molecule has 2 N–H and O–H groups in total. The Labute approximate surface area is 170 Å². The molecule has 5 heteroatoms. The normalized spacial score (nSPS) is 10.7.